The Morgan fingerprint density at radius 3 is 2.17 bits per heavy atom. The van der Waals surface area contributed by atoms with E-state index >= 15 is 0 Å². The Bertz CT molecular complexity index is 1430. The topological polar surface area (TPSA) is 97.4 Å². The van der Waals surface area contributed by atoms with E-state index in [0.717, 1.165) is 22.2 Å². The Morgan fingerprint density at radius 2 is 1.46 bits per heavy atom. The van der Waals surface area contributed by atoms with Gasteiger partial charge in [-0.25, -0.2) is 4.98 Å². The predicted molar refractivity (Wildman–Crippen MR) is 132 cm³/mol. The Kier molecular flexibility index (Phi) is 6.13. The minimum atomic E-state index is -0.513. The average Bonchev–Trinajstić information content (AvgIpc) is 3.49. The van der Waals surface area contributed by atoms with Crippen LogP contribution < -0.4 is 10.9 Å². The van der Waals surface area contributed by atoms with Gasteiger partial charge < -0.3 is 8.83 Å². The van der Waals surface area contributed by atoms with Crippen LogP contribution in [0.4, 0.5) is 0 Å². The molecule has 0 bridgehead atoms. The molecule has 3 aromatic carbocycles. The fourth-order valence-electron chi connectivity index (χ4n) is 3.91. The third-order valence-corrected chi connectivity index (χ3v) is 5.69. The molecule has 2 amide bonds. The first-order valence-corrected chi connectivity index (χ1v) is 11.3. The molecule has 0 aliphatic carbocycles. The normalized spacial score (nSPS) is 10.9. The molecule has 0 fully saturated rings. The summed E-state index contributed by atoms with van der Waals surface area (Å²) in [5.41, 5.74) is 8.76. The third kappa shape index (κ3) is 4.70. The lowest BCUT2D eigenvalue weighted by molar-refractivity contribution is -0.121. The molecule has 7 heteroatoms. The number of amides is 2. The number of carbonyl (C=O) groups excluding carboxylic acids is 2. The molecule has 0 radical (unpaired) electrons. The Hall–Kier alpha value is -4.65. The maximum absolute atomic E-state index is 12.5. The zero-order valence-electron chi connectivity index (χ0n) is 19.1. The summed E-state index contributed by atoms with van der Waals surface area (Å²) >= 11 is 0. The average molecular weight is 466 g/mol. The minimum Gasteiger partial charge on any atom is -0.451 e. The van der Waals surface area contributed by atoms with Crippen LogP contribution in [0.1, 0.15) is 28.4 Å². The van der Waals surface area contributed by atoms with Gasteiger partial charge in [-0.1, -0.05) is 78.9 Å². The summed E-state index contributed by atoms with van der Waals surface area (Å²) in [6.45, 7) is 1.81. The van der Waals surface area contributed by atoms with Crippen molar-refractivity contribution in [3.05, 3.63) is 102 Å². The number of furan rings is 1. The number of benzene rings is 3. The van der Waals surface area contributed by atoms with E-state index in [9.17, 15) is 9.59 Å². The zero-order valence-corrected chi connectivity index (χ0v) is 19.1. The molecule has 2 heterocycles. The summed E-state index contributed by atoms with van der Waals surface area (Å²) in [4.78, 5) is 29.6. The highest BCUT2D eigenvalue weighted by Crippen LogP contribution is 2.32. The molecule has 0 spiro atoms. The number of nitrogens with zero attached hydrogens (tertiary/aromatic N) is 1. The van der Waals surface area contributed by atoms with Gasteiger partial charge in [0.15, 0.2) is 17.4 Å². The van der Waals surface area contributed by atoms with Crippen molar-refractivity contribution in [3.8, 4) is 22.6 Å². The molecule has 0 saturated heterocycles. The molecule has 0 saturated carbocycles. The quantitative estimate of drug-likeness (QED) is 0.325. The second kappa shape index (κ2) is 9.69. The second-order valence-corrected chi connectivity index (χ2v) is 8.07. The van der Waals surface area contributed by atoms with Gasteiger partial charge in [-0.15, -0.1) is 0 Å². The van der Waals surface area contributed by atoms with Gasteiger partial charge in [0.25, 0.3) is 0 Å². The largest absolute Gasteiger partial charge is 0.451 e. The van der Waals surface area contributed by atoms with E-state index in [0.29, 0.717) is 22.8 Å². The summed E-state index contributed by atoms with van der Waals surface area (Å²) in [6, 6.07) is 26.9. The van der Waals surface area contributed by atoms with Crippen LogP contribution in [0.2, 0.25) is 0 Å². The van der Waals surface area contributed by atoms with Crippen molar-refractivity contribution in [1.29, 1.82) is 0 Å². The van der Waals surface area contributed by atoms with Crippen molar-refractivity contribution >= 4 is 22.8 Å². The highest BCUT2D eigenvalue weighted by atomic mass is 16.4. The summed E-state index contributed by atoms with van der Waals surface area (Å²) in [7, 11) is 0. The van der Waals surface area contributed by atoms with Crippen molar-refractivity contribution < 1.29 is 18.4 Å². The standard InChI is InChI=1S/C28H23N3O4/c1-18-21-14-8-9-15-22(21)34-26(18)28(33)31-30-23(32)16-17-24-29-25(19-10-4-2-5-11-19)27(35-24)20-12-6-3-7-13-20/h2-15H,16-17H2,1H3,(H,30,32)(H,31,33). The predicted octanol–water partition coefficient (Wildman–Crippen LogP) is 5.46. The number of oxazole rings is 1. The van der Waals surface area contributed by atoms with Crippen LogP contribution in [0, 0.1) is 6.92 Å². The molecular weight excluding hydrogens is 442 g/mol. The molecular formula is C28H23N3O4. The van der Waals surface area contributed by atoms with Gasteiger partial charge >= 0.3 is 5.91 Å². The maximum Gasteiger partial charge on any atom is 0.305 e. The van der Waals surface area contributed by atoms with Gasteiger partial charge in [-0.05, 0) is 13.0 Å². The minimum absolute atomic E-state index is 0.0857. The highest BCUT2D eigenvalue weighted by molar-refractivity contribution is 5.99. The number of hydrogen-bond donors (Lipinski definition) is 2. The Morgan fingerprint density at radius 1 is 0.800 bits per heavy atom. The number of hydrazine groups is 1. The smallest absolute Gasteiger partial charge is 0.305 e. The van der Waals surface area contributed by atoms with Crippen LogP contribution >= 0.6 is 0 Å². The molecule has 35 heavy (non-hydrogen) atoms. The van der Waals surface area contributed by atoms with Crippen LogP contribution in [-0.4, -0.2) is 16.8 Å². The summed E-state index contributed by atoms with van der Waals surface area (Å²) < 4.78 is 11.7. The fourth-order valence-corrected chi connectivity index (χ4v) is 3.91. The molecule has 5 rings (SSSR count). The van der Waals surface area contributed by atoms with Gasteiger partial charge in [-0.2, -0.15) is 0 Å². The number of nitrogens with one attached hydrogen (secondary N) is 2. The molecule has 2 aromatic heterocycles. The Labute approximate surface area is 201 Å². The summed E-state index contributed by atoms with van der Waals surface area (Å²) in [5, 5.41) is 0.858. The van der Waals surface area contributed by atoms with E-state index in [2.05, 4.69) is 15.8 Å². The Balaban J connectivity index is 1.25. The lowest BCUT2D eigenvalue weighted by Crippen LogP contribution is -2.41. The first-order chi connectivity index (χ1) is 17.1. The molecule has 2 N–H and O–H groups in total. The fraction of sp³-hybridized carbons (Fsp3) is 0.107. The van der Waals surface area contributed by atoms with Crippen molar-refractivity contribution in [2.24, 2.45) is 0 Å². The molecule has 0 unspecified atom stereocenters. The number of carbonyl (C=O) groups is 2. The van der Waals surface area contributed by atoms with Crippen LogP contribution in [0.3, 0.4) is 0 Å². The van der Waals surface area contributed by atoms with Crippen LogP contribution in [-0.2, 0) is 11.2 Å². The van der Waals surface area contributed by atoms with E-state index in [1.165, 1.54) is 0 Å². The lowest BCUT2D eigenvalue weighted by atomic mass is 10.1. The molecule has 7 nitrogen and oxygen atoms in total. The van der Waals surface area contributed by atoms with E-state index in [1.54, 1.807) is 13.0 Å². The zero-order chi connectivity index (χ0) is 24.2. The van der Waals surface area contributed by atoms with E-state index < -0.39 is 5.91 Å². The summed E-state index contributed by atoms with van der Waals surface area (Å²) in [6.07, 6.45) is 0.362. The van der Waals surface area contributed by atoms with Gasteiger partial charge in [0.05, 0.1) is 0 Å². The SMILES string of the molecule is Cc1c(C(=O)NNC(=O)CCc2nc(-c3ccccc3)c(-c3ccccc3)o2)oc2ccccc12. The van der Waals surface area contributed by atoms with Crippen LogP contribution in [0.15, 0.2) is 93.8 Å². The van der Waals surface area contributed by atoms with Crippen molar-refractivity contribution in [2.45, 2.75) is 19.8 Å². The van der Waals surface area contributed by atoms with Crippen LogP contribution in [0.5, 0.6) is 0 Å². The van der Waals surface area contributed by atoms with E-state index in [4.69, 9.17) is 8.83 Å². The molecule has 5 aromatic rings. The molecule has 0 aliphatic rings. The number of aryl methyl sites for hydroxylation is 2. The maximum atomic E-state index is 12.5. The number of fused-ring (bicyclic) bond motifs is 1. The van der Waals surface area contributed by atoms with Crippen LogP contribution in [0.25, 0.3) is 33.6 Å². The van der Waals surface area contributed by atoms with Gasteiger partial charge in [-0.3, -0.25) is 20.4 Å². The van der Waals surface area contributed by atoms with Crippen molar-refractivity contribution in [2.75, 3.05) is 0 Å². The number of hydrogen-bond acceptors (Lipinski definition) is 5. The van der Waals surface area contributed by atoms with E-state index in [-0.39, 0.29) is 24.5 Å². The van der Waals surface area contributed by atoms with Crippen molar-refractivity contribution in [3.63, 3.8) is 0 Å². The first-order valence-electron chi connectivity index (χ1n) is 11.3. The van der Waals surface area contributed by atoms with Crippen molar-refractivity contribution in [1.82, 2.24) is 15.8 Å². The van der Waals surface area contributed by atoms with Gasteiger partial charge in [0.2, 0.25) is 5.91 Å². The molecule has 0 aliphatic heterocycles. The lowest BCUT2D eigenvalue weighted by Gasteiger charge is -2.05. The number of aromatic nitrogens is 1. The molecule has 0 atom stereocenters. The van der Waals surface area contributed by atoms with Gasteiger partial charge in [0, 0.05) is 34.9 Å². The van der Waals surface area contributed by atoms with Gasteiger partial charge in [0.1, 0.15) is 11.3 Å². The second-order valence-electron chi connectivity index (χ2n) is 8.07. The molecule has 174 valence electrons. The third-order valence-electron chi connectivity index (χ3n) is 5.69. The van der Waals surface area contributed by atoms with E-state index in [1.807, 2.05) is 78.9 Å². The number of para-hydroxylation sites is 1. The first kappa shape index (κ1) is 22.2. The number of rotatable bonds is 6. The highest BCUT2D eigenvalue weighted by Gasteiger charge is 2.19. The summed E-state index contributed by atoms with van der Waals surface area (Å²) in [5.74, 6) is 0.381. The monoisotopic (exact) mass is 465 g/mol.